The molecule has 108 valence electrons. The van der Waals surface area contributed by atoms with Gasteiger partial charge in [0.05, 0.1) is 0 Å². The average Bonchev–Trinajstić information content (AvgIpc) is 2.71. The molecule has 0 saturated carbocycles. The number of hydrogen-bond donors (Lipinski definition) is 0. The lowest BCUT2D eigenvalue weighted by Crippen LogP contribution is -2.37. The molecule has 2 heterocycles. The van der Waals surface area contributed by atoms with Gasteiger partial charge >= 0.3 is 5.69 Å². The molecule has 0 spiro atoms. The molecule has 0 amide bonds. The summed E-state index contributed by atoms with van der Waals surface area (Å²) in [6.45, 7) is 2.05. The summed E-state index contributed by atoms with van der Waals surface area (Å²) in [5.74, 6) is 0.107. The molecule has 0 atom stereocenters. The predicted molar refractivity (Wildman–Crippen MR) is 77.8 cm³/mol. The highest BCUT2D eigenvalue weighted by atomic mass is 79.9. The van der Waals surface area contributed by atoms with E-state index in [-0.39, 0.29) is 11.3 Å². The fourth-order valence-electron chi connectivity index (χ4n) is 2.15. The highest BCUT2D eigenvalue weighted by Crippen LogP contribution is 2.17. The Labute approximate surface area is 123 Å². The van der Waals surface area contributed by atoms with Crippen molar-refractivity contribution in [2.24, 2.45) is 14.1 Å². The number of Topliss-reactive ketones (excluding diaryl/α,β-unsaturated/α-hetero) is 1. The number of hydrogen-bond acceptors (Lipinski definition) is 4. The summed E-state index contributed by atoms with van der Waals surface area (Å²) in [5.41, 5.74) is -0.116. The molecule has 2 aromatic heterocycles. The number of imidazole rings is 1. The normalized spacial score (nSPS) is 11.2. The molecule has 0 aliphatic carbocycles. The Balaban J connectivity index is 2.61. The third-order valence-electron chi connectivity index (χ3n) is 3.20. The molecule has 0 N–H and O–H groups in total. The van der Waals surface area contributed by atoms with Crippen LogP contribution in [0.25, 0.3) is 11.2 Å². The van der Waals surface area contributed by atoms with Crippen LogP contribution in [0.1, 0.15) is 19.8 Å². The second-order valence-corrected chi connectivity index (χ2v) is 5.43. The number of ketones is 1. The van der Waals surface area contributed by atoms with Gasteiger partial charge in [-0.3, -0.25) is 13.9 Å². The molecule has 0 aliphatic heterocycles. The Bertz CT molecular complexity index is 800. The van der Waals surface area contributed by atoms with Gasteiger partial charge < -0.3 is 9.36 Å². The van der Waals surface area contributed by atoms with E-state index in [4.69, 9.17) is 0 Å². The van der Waals surface area contributed by atoms with Gasteiger partial charge in [-0.15, -0.1) is 0 Å². The maximum absolute atomic E-state index is 12.0. The van der Waals surface area contributed by atoms with Crippen molar-refractivity contribution in [1.82, 2.24) is 18.7 Å². The molecule has 2 aromatic rings. The summed E-state index contributed by atoms with van der Waals surface area (Å²) < 4.78 is 4.64. The molecule has 0 radical (unpaired) electrons. The molecular weight excluding hydrogens is 328 g/mol. The average molecular weight is 343 g/mol. The van der Waals surface area contributed by atoms with E-state index in [0.29, 0.717) is 29.8 Å². The van der Waals surface area contributed by atoms with Crippen molar-refractivity contribution in [2.45, 2.75) is 26.3 Å². The van der Waals surface area contributed by atoms with E-state index >= 15 is 0 Å². The zero-order valence-electron chi connectivity index (χ0n) is 11.5. The Morgan fingerprint density at radius 3 is 2.50 bits per heavy atom. The number of nitrogens with zero attached hydrogens (tertiary/aromatic N) is 4. The van der Waals surface area contributed by atoms with Crippen LogP contribution in [0.3, 0.4) is 0 Å². The van der Waals surface area contributed by atoms with Gasteiger partial charge in [0.1, 0.15) is 5.78 Å². The first-order chi connectivity index (χ1) is 9.34. The highest BCUT2D eigenvalue weighted by molar-refractivity contribution is 9.10. The summed E-state index contributed by atoms with van der Waals surface area (Å²) in [4.78, 5) is 39.2. The quantitative estimate of drug-likeness (QED) is 0.760. The largest absolute Gasteiger partial charge is 0.332 e. The maximum Gasteiger partial charge on any atom is 0.332 e. The van der Waals surface area contributed by atoms with Crippen molar-refractivity contribution < 1.29 is 4.79 Å². The van der Waals surface area contributed by atoms with Crippen LogP contribution in [-0.2, 0) is 25.4 Å². The Morgan fingerprint density at radius 2 is 1.90 bits per heavy atom. The molecule has 0 aromatic carbocycles. The minimum atomic E-state index is -0.422. The Hall–Kier alpha value is -1.70. The van der Waals surface area contributed by atoms with E-state index in [0.717, 1.165) is 4.57 Å². The molecule has 2 rings (SSSR count). The first kappa shape index (κ1) is 14.7. The number of halogens is 1. The lowest BCUT2D eigenvalue weighted by molar-refractivity contribution is -0.117. The first-order valence-electron chi connectivity index (χ1n) is 6.15. The molecule has 0 aliphatic rings. The zero-order chi connectivity index (χ0) is 15.0. The van der Waals surface area contributed by atoms with Crippen LogP contribution in [0.5, 0.6) is 0 Å². The molecule has 0 fully saturated rings. The van der Waals surface area contributed by atoms with Gasteiger partial charge in [-0.05, 0) is 29.3 Å². The van der Waals surface area contributed by atoms with Gasteiger partial charge in [-0.1, -0.05) is 0 Å². The summed E-state index contributed by atoms with van der Waals surface area (Å²) in [5, 5.41) is 0. The van der Waals surface area contributed by atoms with Gasteiger partial charge in [-0.2, -0.15) is 0 Å². The lowest BCUT2D eigenvalue weighted by Gasteiger charge is -2.08. The molecular formula is C12H15BrN4O3. The summed E-state index contributed by atoms with van der Waals surface area (Å²) >= 11 is 3.30. The number of carbonyl (C=O) groups is 1. The van der Waals surface area contributed by atoms with E-state index in [9.17, 15) is 14.4 Å². The maximum atomic E-state index is 12.0. The van der Waals surface area contributed by atoms with Crippen LogP contribution in [0, 0.1) is 0 Å². The minimum Gasteiger partial charge on any atom is -0.304 e. The fourth-order valence-corrected chi connectivity index (χ4v) is 2.67. The van der Waals surface area contributed by atoms with E-state index in [2.05, 4.69) is 20.9 Å². The summed E-state index contributed by atoms with van der Waals surface area (Å²) in [6.07, 6.45) is 1.08. The summed E-state index contributed by atoms with van der Waals surface area (Å²) in [7, 11) is 3.02. The third kappa shape index (κ3) is 2.35. The highest BCUT2D eigenvalue weighted by Gasteiger charge is 2.17. The number of aryl methyl sites for hydroxylation is 2. The van der Waals surface area contributed by atoms with Crippen molar-refractivity contribution in [1.29, 1.82) is 0 Å². The third-order valence-corrected chi connectivity index (χ3v) is 3.81. The summed E-state index contributed by atoms with van der Waals surface area (Å²) in [6, 6.07) is 0. The SMILES string of the molecule is CC(=O)CCCn1c(Br)nc2c(=O)n(C)c(=O)n(C)c21. The second kappa shape index (κ2) is 5.35. The predicted octanol–water partition coefficient (Wildman–Crippen LogP) is 0.565. The molecule has 7 nitrogen and oxygen atoms in total. The van der Waals surface area contributed by atoms with E-state index in [1.165, 1.54) is 18.5 Å². The number of aromatic nitrogens is 4. The van der Waals surface area contributed by atoms with Crippen molar-refractivity contribution in [3.8, 4) is 0 Å². The minimum absolute atomic E-state index is 0.107. The van der Waals surface area contributed by atoms with Crippen LogP contribution in [0.2, 0.25) is 0 Å². The van der Waals surface area contributed by atoms with Gasteiger partial charge in [0.2, 0.25) is 0 Å². The van der Waals surface area contributed by atoms with Crippen LogP contribution in [0.15, 0.2) is 14.3 Å². The van der Waals surface area contributed by atoms with E-state index < -0.39 is 11.2 Å². The molecule has 0 saturated heterocycles. The zero-order valence-corrected chi connectivity index (χ0v) is 13.1. The monoisotopic (exact) mass is 342 g/mol. The molecule has 0 bridgehead atoms. The van der Waals surface area contributed by atoms with Crippen molar-refractivity contribution in [3.05, 3.63) is 25.6 Å². The van der Waals surface area contributed by atoms with Gasteiger partial charge in [0.15, 0.2) is 15.9 Å². The van der Waals surface area contributed by atoms with Crippen molar-refractivity contribution >= 4 is 32.9 Å². The van der Waals surface area contributed by atoms with Crippen LogP contribution < -0.4 is 11.2 Å². The first-order valence-corrected chi connectivity index (χ1v) is 6.95. The van der Waals surface area contributed by atoms with Crippen molar-refractivity contribution in [2.75, 3.05) is 0 Å². The Morgan fingerprint density at radius 1 is 1.25 bits per heavy atom. The molecule has 8 heteroatoms. The van der Waals surface area contributed by atoms with Crippen LogP contribution >= 0.6 is 15.9 Å². The van der Waals surface area contributed by atoms with Gasteiger partial charge in [0.25, 0.3) is 5.56 Å². The number of carbonyl (C=O) groups excluding carboxylic acids is 1. The van der Waals surface area contributed by atoms with Crippen LogP contribution in [-0.4, -0.2) is 24.5 Å². The molecule has 20 heavy (non-hydrogen) atoms. The lowest BCUT2D eigenvalue weighted by atomic mass is 10.2. The smallest absolute Gasteiger partial charge is 0.304 e. The van der Waals surface area contributed by atoms with Crippen LogP contribution in [0.4, 0.5) is 0 Å². The van der Waals surface area contributed by atoms with Gasteiger partial charge in [-0.25, -0.2) is 9.78 Å². The standard InChI is InChI=1S/C12H15BrN4O3/c1-7(18)5-4-6-17-9-8(14-11(17)13)10(19)16(3)12(20)15(9)2/h4-6H2,1-3H3. The number of rotatable bonds is 4. The van der Waals surface area contributed by atoms with Crippen molar-refractivity contribution in [3.63, 3.8) is 0 Å². The fraction of sp³-hybridized carbons (Fsp3) is 0.500. The number of fused-ring (bicyclic) bond motifs is 1. The van der Waals surface area contributed by atoms with Gasteiger partial charge in [0, 0.05) is 27.1 Å². The van der Waals surface area contributed by atoms with E-state index in [1.54, 1.807) is 11.6 Å². The molecule has 0 unspecified atom stereocenters. The topological polar surface area (TPSA) is 78.9 Å². The Kier molecular flexibility index (Phi) is 3.94. The second-order valence-electron chi connectivity index (χ2n) is 4.72. The van der Waals surface area contributed by atoms with E-state index in [1.807, 2.05) is 0 Å².